The smallest absolute Gasteiger partial charge is 0.193 e. The first-order chi connectivity index (χ1) is 10.9. The molecule has 2 rings (SSSR count). The second-order valence-corrected chi connectivity index (χ2v) is 9.08. The first-order valence-electron chi connectivity index (χ1n) is 9.01. The molecule has 2 fully saturated rings. The molecule has 0 aromatic carbocycles. The third kappa shape index (κ3) is 5.54. The maximum Gasteiger partial charge on any atom is 0.193 e. The Labute approximate surface area is 146 Å². The van der Waals surface area contributed by atoms with Crippen molar-refractivity contribution in [3.05, 3.63) is 0 Å². The molecule has 1 N–H and O–H groups in total. The third-order valence-electron chi connectivity index (χ3n) is 4.97. The van der Waals surface area contributed by atoms with Gasteiger partial charge in [-0.1, -0.05) is 6.92 Å². The topological polar surface area (TPSA) is 34.1 Å². The molecule has 5 nitrogen and oxygen atoms in total. The molecular formula is C17H35N5S. The molecule has 0 radical (unpaired) electrons. The molecule has 0 bridgehead atoms. The SMILES string of the molecule is CCN1CCN(C(C)CNC(=NC)N2CCSC(C)(C)C2)CC1. The number of guanidine groups is 1. The van der Waals surface area contributed by atoms with E-state index in [0.717, 1.165) is 25.6 Å². The highest BCUT2D eigenvalue weighted by Gasteiger charge is 2.29. The molecule has 2 aliphatic rings. The van der Waals surface area contributed by atoms with Gasteiger partial charge in [-0.2, -0.15) is 11.8 Å². The molecule has 0 aromatic rings. The van der Waals surface area contributed by atoms with Gasteiger partial charge in [0.2, 0.25) is 0 Å². The van der Waals surface area contributed by atoms with E-state index in [4.69, 9.17) is 0 Å². The van der Waals surface area contributed by atoms with Crippen LogP contribution in [0.2, 0.25) is 0 Å². The van der Waals surface area contributed by atoms with Crippen molar-refractivity contribution in [1.29, 1.82) is 0 Å². The predicted molar refractivity (Wildman–Crippen MR) is 103 cm³/mol. The molecule has 0 aromatic heterocycles. The molecule has 6 heteroatoms. The molecule has 0 spiro atoms. The third-order valence-corrected chi connectivity index (χ3v) is 6.27. The zero-order valence-corrected chi connectivity index (χ0v) is 16.5. The monoisotopic (exact) mass is 341 g/mol. The Morgan fingerprint density at radius 1 is 1.22 bits per heavy atom. The quantitative estimate of drug-likeness (QED) is 0.618. The molecule has 23 heavy (non-hydrogen) atoms. The van der Waals surface area contributed by atoms with Crippen molar-refractivity contribution in [3.63, 3.8) is 0 Å². The molecule has 0 amide bonds. The summed E-state index contributed by atoms with van der Waals surface area (Å²) in [5, 5.41) is 3.61. The number of thioether (sulfide) groups is 1. The van der Waals surface area contributed by atoms with Crippen LogP contribution in [0.5, 0.6) is 0 Å². The fourth-order valence-electron chi connectivity index (χ4n) is 3.42. The van der Waals surface area contributed by atoms with E-state index in [2.05, 4.69) is 64.5 Å². The average molecular weight is 342 g/mol. The predicted octanol–water partition coefficient (Wildman–Crippen LogP) is 1.42. The first-order valence-corrected chi connectivity index (χ1v) is 9.99. The van der Waals surface area contributed by atoms with E-state index < -0.39 is 0 Å². The van der Waals surface area contributed by atoms with Gasteiger partial charge in [-0.15, -0.1) is 0 Å². The lowest BCUT2D eigenvalue weighted by atomic mass is 10.2. The van der Waals surface area contributed by atoms with Crippen molar-refractivity contribution in [1.82, 2.24) is 20.0 Å². The van der Waals surface area contributed by atoms with Crippen molar-refractivity contribution in [2.45, 2.75) is 38.5 Å². The lowest BCUT2D eigenvalue weighted by Crippen LogP contribution is -2.55. The van der Waals surface area contributed by atoms with Gasteiger partial charge in [-0.05, 0) is 27.3 Å². The van der Waals surface area contributed by atoms with Crippen LogP contribution in [0.3, 0.4) is 0 Å². The summed E-state index contributed by atoms with van der Waals surface area (Å²) in [4.78, 5) is 12.1. The summed E-state index contributed by atoms with van der Waals surface area (Å²) in [6, 6.07) is 0.554. The Balaban J connectivity index is 1.79. The number of hydrogen-bond acceptors (Lipinski definition) is 4. The van der Waals surface area contributed by atoms with E-state index in [-0.39, 0.29) is 0 Å². The van der Waals surface area contributed by atoms with E-state index in [0.29, 0.717) is 10.8 Å². The van der Waals surface area contributed by atoms with Crippen LogP contribution < -0.4 is 5.32 Å². The van der Waals surface area contributed by atoms with E-state index >= 15 is 0 Å². The Kier molecular flexibility index (Phi) is 7.04. The number of nitrogens with one attached hydrogen (secondary N) is 1. The summed E-state index contributed by atoms with van der Waals surface area (Å²) in [5.74, 6) is 2.25. The minimum atomic E-state index is 0.317. The Morgan fingerprint density at radius 3 is 2.48 bits per heavy atom. The lowest BCUT2D eigenvalue weighted by Gasteiger charge is -2.40. The van der Waals surface area contributed by atoms with Crippen LogP contribution >= 0.6 is 11.8 Å². The van der Waals surface area contributed by atoms with Gasteiger partial charge in [0.15, 0.2) is 5.96 Å². The Bertz CT molecular complexity index is 390. The van der Waals surface area contributed by atoms with Crippen LogP contribution in [0.15, 0.2) is 4.99 Å². The first kappa shape index (κ1) is 18.9. The molecular weight excluding hydrogens is 306 g/mol. The number of piperazine rings is 1. The van der Waals surface area contributed by atoms with Crippen molar-refractivity contribution in [2.24, 2.45) is 4.99 Å². The second kappa shape index (κ2) is 8.58. The van der Waals surface area contributed by atoms with Gasteiger partial charge in [0, 0.05) is 69.4 Å². The average Bonchev–Trinajstić information content (AvgIpc) is 2.54. The van der Waals surface area contributed by atoms with Crippen molar-refractivity contribution >= 4 is 17.7 Å². The number of nitrogens with zero attached hydrogens (tertiary/aromatic N) is 4. The van der Waals surface area contributed by atoms with Gasteiger partial charge < -0.3 is 15.1 Å². The number of rotatable bonds is 4. The zero-order chi connectivity index (χ0) is 16.9. The van der Waals surface area contributed by atoms with Gasteiger partial charge in [-0.25, -0.2) is 0 Å². The molecule has 1 atom stereocenters. The summed E-state index contributed by atoms with van der Waals surface area (Å²) in [7, 11) is 1.90. The highest BCUT2D eigenvalue weighted by molar-refractivity contribution is 8.00. The second-order valence-electron chi connectivity index (χ2n) is 7.28. The van der Waals surface area contributed by atoms with Gasteiger partial charge in [0.05, 0.1) is 0 Å². The zero-order valence-electron chi connectivity index (χ0n) is 15.6. The molecule has 2 heterocycles. The summed E-state index contributed by atoms with van der Waals surface area (Å²) < 4.78 is 0.317. The van der Waals surface area contributed by atoms with E-state index in [1.165, 1.54) is 38.5 Å². The van der Waals surface area contributed by atoms with Crippen LogP contribution in [-0.4, -0.2) is 96.6 Å². The van der Waals surface area contributed by atoms with Crippen LogP contribution in [0.1, 0.15) is 27.7 Å². The fraction of sp³-hybridized carbons (Fsp3) is 0.941. The molecule has 2 aliphatic heterocycles. The van der Waals surface area contributed by atoms with Gasteiger partial charge >= 0.3 is 0 Å². The number of likely N-dealkylation sites (N-methyl/N-ethyl adjacent to an activating group) is 1. The Hall–Kier alpha value is -0.460. The van der Waals surface area contributed by atoms with Crippen LogP contribution in [0, 0.1) is 0 Å². The number of aliphatic imine (C=N–C) groups is 1. The summed E-state index contributed by atoms with van der Waals surface area (Å²) in [6.45, 7) is 18.3. The maximum atomic E-state index is 4.52. The fourth-order valence-corrected chi connectivity index (χ4v) is 4.53. The van der Waals surface area contributed by atoms with Crippen molar-refractivity contribution < 1.29 is 0 Å². The maximum absolute atomic E-state index is 4.52. The van der Waals surface area contributed by atoms with Gasteiger partial charge in [-0.3, -0.25) is 9.89 Å². The van der Waals surface area contributed by atoms with E-state index in [9.17, 15) is 0 Å². The highest BCUT2D eigenvalue weighted by Crippen LogP contribution is 2.29. The van der Waals surface area contributed by atoms with Crippen LogP contribution in [0.4, 0.5) is 0 Å². The van der Waals surface area contributed by atoms with E-state index in [1.807, 2.05) is 7.05 Å². The van der Waals surface area contributed by atoms with Crippen LogP contribution in [0.25, 0.3) is 0 Å². The van der Waals surface area contributed by atoms with Crippen LogP contribution in [-0.2, 0) is 0 Å². The minimum absolute atomic E-state index is 0.317. The number of hydrogen-bond donors (Lipinski definition) is 1. The van der Waals surface area contributed by atoms with E-state index in [1.54, 1.807) is 0 Å². The highest BCUT2D eigenvalue weighted by atomic mass is 32.2. The largest absolute Gasteiger partial charge is 0.355 e. The van der Waals surface area contributed by atoms with Gasteiger partial charge in [0.25, 0.3) is 0 Å². The normalized spacial score (nSPS) is 25.4. The Morgan fingerprint density at radius 2 is 1.91 bits per heavy atom. The van der Waals surface area contributed by atoms with Crippen molar-refractivity contribution in [2.75, 3.05) is 65.2 Å². The summed E-state index contributed by atoms with van der Waals surface area (Å²) in [5.41, 5.74) is 0. The van der Waals surface area contributed by atoms with Crippen molar-refractivity contribution in [3.8, 4) is 0 Å². The molecule has 0 saturated carbocycles. The lowest BCUT2D eigenvalue weighted by molar-refractivity contribution is 0.107. The molecule has 1 unspecified atom stereocenters. The molecule has 2 saturated heterocycles. The minimum Gasteiger partial charge on any atom is -0.355 e. The molecule has 0 aliphatic carbocycles. The molecule has 134 valence electrons. The van der Waals surface area contributed by atoms with Gasteiger partial charge in [0.1, 0.15) is 0 Å². The standard InChI is InChI=1S/C17H35N5S/c1-6-20-7-9-21(10-8-20)15(2)13-19-16(18-5)22-11-12-23-17(3,4)14-22/h15H,6-14H2,1-5H3,(H,18,19). The summed E-state index contributed by atoms with van der Waals surface area (Å²) in [6.07, 6.45) is 0. The summed E-state index contributed by atoms with van der Waals surface area (Å²) >= 11 is 2.06.